The Kier molecular flexibility index (Phi) is 6.45. The molecular weight excluding hydrogens is 479 g/mol. The molecule has 0 amide bonds. The summed E-state index contributed by atoms with van der Waals surface area (Å²) in [6.45, 7) is 5.42. The molecule has 0 bridgehead atoms. The molecule has 0 fully saturated rings. The highest BCUT2D eigenvalue weighted by Crippen LogP contribution is 2.39. The van der Waals surface area contributed by atoms with E-state index >= 15 is 0 Å². The molecule has 0 spiro atoms. The summed E-state index contributed by atoms with van der Waals surface area (Å²) in [4.78, 5) is 18.9. The van der Waals surface area contributed by atoms with Crippen LogP contribution in [0.15, 0.2) is 66.9 Å². The van der Waals surface area contributed by atoms with Crippen LogP contribution in [0.5, 0.6) is 5.88 Å². The topological polar surface area (TPSA) is 77.8 Å². The first-order valence-corrected chi connectivity index (χ1v) is 13.0. The maximum Gasteiger partial charge on any atom is 0.223 e. The van der Waals surface area contributed by atoms with Gasteiger partial charge in [-0.15, -0.1) is 0 Å². The molecule has 1 N–H and O–H groups in total. The number of benzene rings is 2. The van der Waals surface area contributed by atoms with Crippen molar-refractivity contribution in [3.8, 4) is 28.5 Å². The van der Waals surface area contributed by atoms with Crippen molar-refractivity contribution in [3.05, 3.63) is 84.1 Å². The van der Waals surface area contributed by atoms with Gasteiger partial charge in [-0.05, 0) is 61.7 Å². The zero-order valence-corrected chi connectivity index (χ0v) is 21.5. The van der Waals surface area contributed by atoms with Crippen molar-refractivity contribution < 1.29 is 9.13 Å². The molecular formula is C30H29FN6O. The second-order valence-electron chi connectivity index (χ2n) is 9.59. The second kappa shape index (κ2) is 10.2. The number of anilines is 1. The lowest BCUT2D eigenvalue weighted by Crippen LogP contribution is -2.16. The van der Waals surface area contributed by atoms with Crippen LogP contribution >= 0.6 is 0 Å². The Bertz CT molecular complexity index is 1600. The van der Waals surface area contributed by atoms with E-state index in [9.17, 15) is 4.39 Å². The largest absolute Gasteiger partial charge is 0.475 e. The Labute approximate surface area is 220 Å². The van der Waals surface area contributed by atoms with Crippen molar-refractivity contribution >= 4 is 16.9 Å². The molecule has 1 unspecified atom stereocenters. The molecule has 192 valence electrons. The van der Waals surface area contributed by atoms with Gasteiger partial charge in [0.1, 0.15) is 18.2 Å². The highest BCUT2D eigenvalue weighted by atomic mass is 19.1. The number of pyridine rings is 1. The van der Waals surface area contributed by atoms with E-state index in [1.165, 1.54) is 12.1 Å². The SMILES string of the molecule is CCCNc1nccc(-c2c(-c3ccc(F)cc3)nc3n2C(COc2cc(C)c4ccccc4n2)CC3)n1. The summed E-state index contributed by atoms with van der Waals surface area (Å²) < 4.78 is 22.2. The first kappa shape index (κ1) is 24.0. The van der Waals surface area contributed by atoms with Gasteiger partial charge in [-0.2, -0.15) is 0 Å². The lowest BCUT2D eigenvalue weighted by atomic mass is 10.1. The Morgan fingerprint density at radius 2 is 1.89 bits per heavy atom. The number of para-hydroxylation sites is 1. The first-order chi connectivity index (χ1) is 18.6. The fourth-order valence-electron chi connectivity index (χ4n) is 5.07. The van der Waals surface area contributed by atoms with E-state index in [1.54, 1.807) is 18.3 Å². The van der Waals surface area contributed by atoms with Gasteiger partial charge in [0.05, 0.1) is 28.6 Å². The number of hydrogen-bond acceptors (Lipinski definition) is 6. The standard InChI is InChI=1S/C30H29FN6O/c1-3-15-32-30-33-16-14-25(35-30)29-28(20-8-10-21(31)11-9-20)36-26-13-12-22(37(26)29)18-38-27-17-19(2)23-6-4-5-7-24(23)34-27/h4-11,14,16-17,22H,3,12-13,15,18H2,1-2H3,(H,32,33,35). The van der Waals surface area contributed by atoms with Gasteiger partial charge in [0.25, 0.3) is 0 Å². The van der Waals surface area contributed by atoms with Gasteiger partial charge in [-0.3, -0.25) is 0 Å². The molecule has 0 radical (unpaired) electrons. The molecule has 4 heterocycles. The minimum Gasteiger partial charge on any atom is -0.475 e. The van der Waals surface area contributed by atoms with Crippen molar-refractivity contribution in [3.63, 3.8) is 0 Å². The number of halogens is 1. The van der Waals surface area contributed by atoms with Crippen LogP contribution in [0.25, 0.3) is 33.5 Å². The van der Waals surface area contributed by atoms with Crippen molar-refractivity contribution in [2.24, 2.45) is 0 Å². The second-order valence-corrected chi connectivity index (χ2v) is 9.59. The summed E-state index contributed by atoms with van der Waals surface area (Å²) in [6.07, 6.45) is 4.45. The van der Waals surface area contributed by atoms with Gasteiger partial charge < -0.3 is 14.6 Å². The third-order valence-corrected chi connectivity index (χ3v) is 6.92. The van der Waals surface area contributed by atoms with E-state index in [0.29, 0.717) is 18.4 Å². The molecule has 1 aliphatic rings. The third-order valence-electron chi connectivity index (χ3n) is 6.92. The van der Waals surface area contributed by atoms with E-state index in [-0.39, 0.29) is 11.9 Å². The number of ether oxygens (including phenoxy) is 1. The predicted octanol–water partition coefficient (Wildman–Crippen LogP) is 6.39. The molecule has 1 aliphatic heterocycles. The van der Waals surface area contributed by atoms with Gasteiger partial charge >= 0.3 is 0 Å². The van der Waals surface area contributed by atoms with Crippen LogP contribution in [0.4, 0.5) is 10.3 Å². The van der Waals surface area contributed by atoms with E-state index in [4.69, 9.17) is 19.7 Å². The number of hydrogen-bond donors (Lipinski definition) is 1. The Morgan fingerprint density at radius 1 is 1.05 bits per heavy atom. The van der Waals surface area contributed by atoms with Crippen molar-refractivity contribution in [2.45, 2.75) is 39.2 Å². The van der Waals surface area contributed by atoms with Gasteiger partial charge in [-0.25, -0.2) is 24.3 Å². The molecule has 0 saturated heterocycles. The third kappa shape index (κ3) is 4.58. The summed E-state index contributed by atoms with van der Waals surface area (Å²) in [7, 11) is 0. The van der Waals surface area contributed by atoms with Crippen LogP contribution in [0, 0.1) is 12.7 Å². The Morgan fingerprint density at radius 3 is 2.74 bits per heavy atom. The van der Waals surface area contributed by atoms with Gasteiger partial charge in [-0.1, -0.05) is 25.1 Å². The van der Waals surface area contributed by atoms with Crippen LogP contribution in [0.3, 0.4) is 0 Å². The van der Waals surface area contributed by atoms with Crippen LogP contribution in [0.1, 0.15) is 37.2 Å². The number of rotatable bonds is 8. The van der Waals surface area contributed by atoms with Gasteiger partial charge in [0, 0.05) is 36.2 Å². The number of nitrogens with one attached hydrogen (secondary N) is 1. The zero-order valence-electron chi connectivity index (χ0n) is 21.5. The van der Waals surface area contributed by atoms with E-state index in [1.807, 2.05) is 30.3 Å². The average Bonchev–Trinajstić information content (AvgIpc) is 3.51. The van der Waals surface area contributed by atoms with Crippen LogP contribution in [-0.4, -0.2) is 37.7 Å². The monoisotopic (exact) mass is 508 g/mol. The Hall–Kier alpha value is -4.33. The smallest absolute Gasteiger partial charge is 0.223 e. The normalized spacial score (nSPS) is 14.6. The molecule has 8 heteroatoms. The molecule has 5 aromatic rings. The summed E-state index contributed by atoms with van der Waals surface area (Å²) in [5.74, 6) is 1.88. The van der Waals surface area contributed by atoms with Crippen LogP contribution in [0.2, 0.25) is 0 Å². The highest BCUT2D eigenvalue weighted by Gasteiger charge is 2.31. The van der Waals surface area contributed by atoms with Crippen LogP contribution < -0.4 is 10.1 Å². The average molecular weight is 509 g/mol. The predicted molar refractivity (Wildman–Crippen MR) is 147 cm³/mol. The number of aryl methyl sites for hydroxylation is 2. The molecule has 38 heavy (non-hydrogen) atoms. The fourth-order valence-corrected chi connectivity index (χ4v) is 5.07. The molecule has 6 rings (SSSR count). The van der Waals surface area contributed by atoms with E-state index in [2.05, 4.69) is 34.8 Å². The number of nitrogens with zero attached hydrogens (tertiary/aromatic N) is 5. The van der Waals surface area contributed by atoms with Gasteiger partial charge in [0.15, 0.2) is 0 Å². The highest BCUT2D eigenvalue weighted by molar-refractivity contribution is 5.82. The Balaban J connectivity index is 1.37. The zero-order chi connectivity index (χ0) is 26.1. The van der Waals surface area contributed by atoms with Crippen molar-refractivity contribution in [2.75, 3.05) is 18.5 Å². The first-order valence-electron chi connectivity index (χ1n) is 13.0. The lowest BCUT2D eigenvalue weighted by Gasteiger charge is -2.18. The minimum atomic E-state index is -0.278. The van der Waals surface area contributed by atoms with Crippen molar-refractivity contribution in [1.82, 2.24) is 24.5 Å². The number of aromatic nitrogens is 5. The summed E-state index contributed by atoms with van der Waals surface area (Å²) >= 11 is 0. The summed E-state index contributed by atoms with van der Waals surface area (Å²) in [6, 6.07) is 18.5. The fraction of sp³-hybridized carbons (Fsp3) is 0.267. The minimum absolute atomic E-state index is 0.0530. The lowest BCUT2D eigenvalue weighted by molar-refractivity contribution is 0.248. The van der Waals surface area contributed by atoms with Gasteiger partial charge in [0.2, 0.25) is 11.8 Å². The molecule has 3 aromatic heterocycles. The number of fused-ring (bicyclic) bond motifs is 2. The number of imidazole rings is 1. The maximum absolute atomic E-state index is 13.7. The molecule has 0 saturated carbocycles. The summed E-state index contributed by atoms with van der Waals surface area (Å²) in [5, 5.41) is 4.40. The molecule has 0 aliphatic carbocycles. The molecule has 2 aromatic carbocycles. The van der Waals surface area contributed by atoms with E-state index in [0.717, 1.165) is 70.7 Å². The molecule has 7 nitrogen and oxygen atoms in total. The van der Waals surface area contributed by atoms with Crippen LogP contribution in [-0.2, 0) is 6.42 Å². The quantitative estimate of drug-likeness (QED) is 0.262. The molecule has 1 atom stereocenters. The van der Waals surface area contributed by atoms with Crippen molar-refractivity contribution in [1.29, 1.82) is 0 Å². The maximum atomic E-state index is 13.7. The summed E-state index contributed by atoms with van der Waals surface area (Å²) in [5.41, 5.74) is 5.34. The van der Waals surface area contributed by atoms with E-state index < -0.39 is 0 Å².